The van der Waals surface area contributed by atoms with Crippen molar-refractivity contribution >= 4 is 45.8 Å². The van der Waals surface area contributed by atoms with E-state index in [0.717, 1.165) is 97.2 Å². The van der Waals surface area contributed by atoms with Crippen molar-refractivity contribution in [2.45, 2.75) is 91.8 Å². The molecule has 0 radical (unpaired) electrons. The van der Waals surface area contributed by atoms with Crippen LogP contribution >= 0.6 is 11.3 Å². The SMILES string of the molecule is C.CCC(CC)N(CCN(C)Cc1ccccc1C(=O)O)Cc1cccc(C(=O)Nc2sc3c(c2C(=O)Nc2ccc(CCc4ccc(C(=O)O)cc4)cc2)CCCC3)c1. The summed E-state index contributed by atoms with van der Waals surface area (Å²) < 4.78 is 0. The van der Waals surface area contributed by atoms with Crippen molar-refractivity contribution in [1.29, 1.82) is 0 Å². The van der Waals surface area contributed by atoms with Gasteiger partial charge in [-0.25, -0.2) is 9.59 Å². The molecule has 2 amide bonds. The van der Waals surface area contributed by atoms with Gasteiger partial charge in [-0.15, -0.1) is 11.3 Å². The molecule has 5 aromatic rings. The molecule has 316 valence electrons. The van der Waals surface area contributed by atoms with Gasteiger partial charge in [0, 0.05) is 48.3 Å². The average Bonchev–Trinajstić information content (AvgIpc) is 3.61. The van der Waals surface area contributed by atoms with E-state index in [1.807, 2.05) is 79.8 Å². The molecule has 1 heterocycles. The van der Waals surface area contributed by atoms with E-state index in [1.165, 1.54) is 11.3 Å². The molecule has 6 rings (SSSR count). The largest absolute Gasteiger partial charge is 0.478 e. The van der Waals surface area contributed by atoms with Gasteiger partial charge in [-0.3, -0.25) is 14.5 Å². The number of nitrogens with zero attached hydrogens (tertiary/aromatic N) is 2. The number of hydrogen-bond acceptors (Lipinski definition) is 7. The Kier molecular flexibility index (Phi) is 16.4. The predicted molar refractivity (Wildman–Crippen MR) is 242 cm³/mol. The van der Waals surface area contributed by atoms with E-state index >= 15 is 0 Å². The van der Waals surface area contributed by atoms with Crippen LogP contribution in [0.4, 0.5) is 10.7 Å². The lowest BCUT2D eigenvalue weighted by Crippen LogP contribution is -2.39. The Morgan fingerprint density at radius 3 is 2.03 bits per heavy atom. The van der Waals surface area contributed by atoms with Crippen molar-refractivity contribution in [3.63, 3.8) is 0 Å². The number of fused-ring (bicyclic) bond motifs is 1. The van der Waals surface area contributed by atoms with Crippen LogP contribution < -0.4 is 10.6 Å². The summed E-state index contributed by atoms with van der Waals surface area (Å²) in [6.45, 7) is 7.10. The van der Waals surface area contributed by atoms with E-state index in [-0.39, 0.29) is 24.8 Å². The second-order valence-electron chi connectivity index (χ2n) is 15.4. The Balaban J connectivity index is 0.00000683. The van der Waals surface area contributed by atoms with Gasteiger partial charge in [0.1, 0.15) is 5.00 Å². The second kappa shape index (κ2) is 21.6. The molecule has 0 unspecified atom stereocenters. The lowest BCUT2D eigenvalue weighted by atomic mass is 9.95. The quantitative estimate of drug-likeness (QED) is 0.0645. The molecule has 0 spiro atoms. The van der Waals surface area contributed by atoms with E-state index in [4.69, 9.17) is 5.11 Å². The van der Waals surface area contributed by atoms with Crippen molar-refractivity contribution in [3.8, 4) is 0 Å². The maximum absolute atomic E-state index is 14.0. The first-order valence-corrected chi connectivity index (χ1v) is 21.4. The van der Waals surface area contributed by atoms with Crippen LogP contribution in [0.1, 0.15) is 121 Å². The Morgan fingerprint density at radius 1 is 0.700 bits per heavy atom. The fourth-order valence-electron chi connectivity index (χ4n) is 7.90. The molecule has 0 bridgehead atoms. The third-order valence-corrected chi connectivity index (χ3v) is 12.4. The van der Waals surface area contributed by atoms with Gasteiger partial charge in [0.25, 0.3) is 11.8 Å². The number of rotatable bonds is 19. The zero-order valence-electron chi connectivity index (χ0n) is 34.1. The summed E-state index contributed by atoms with van der Waals surface area (Å²) in [5, 5.41) is 25.6. The first-order chi connectivity index (χ1) is 28.5. The van der Waals surface area contributed by atoms with Gasteiger partial charge < -0.3 is 25.7 Å². The number of thiophene rings is 1. The molecule has 1 aliphatic rings. The van der Waals surface area contributed by atoms with Crippen LogP contribution in [0.5, 0.6) is 0 Å². The first-order valence-electron chi connectivity index (χ1n) is 20.5. The Hall–Kier alpha value is -5.62. The van der Waals surface area contributed by atoms with Crippen LogP contribution in [0.2, 0.25) is 0 Å². The molecule has 4 aromatic carbocycles. The highest BCUT2D eigenvalue weighted by molar-refractivity contribution is 7.17. The number of amides is 2. The van der Waals surface area contributed by atoms with Crippen molar-refractivity contribution in [1.82, 2.24) is 9.80 Å². The number of carbonyl (C=O) groups excluding carboxylic acids is 2. The lowest BCUT2D eigenvalue weighted by Gasteiger charge is -2.32. The summed E-state index contributed by atoms with van der Waals surface area (Å²) in [6, 6.07) is 29.9. The lowest BCUT2D eigenvalue weighted by molar-refractivity contribution is 0.0684. The van der Waals surface area contributed by atoms with Gasteiger partial charge in [-0.2, -0.15) is 0 Å². The average molecular weight is 831 g/mol. The Morgan fingerprint density at radius 2 is 1.37 bits per heavy atom. The monoisotopic (exact) mass is 830 g/mol. The van der Waals surface area contributed by atoms with Crippen molar-refractivity contribution < 1.29 is 29.4 Å². The van der Waals surface area contributed by atoms with E-state index < -0.39 is 11.9 Å². The summed E-state index contributed by atoms with van der Waals surface area (Å²) in [5.41, 5.74) is 7.31. The second-order valence-corrected chi connectivity index (χ2v) is 16.5. The highest BCUT2D eigenvalue weighted by atomic mass is 32.1. The fraction of sp³-hybridized carbons (Fsp3) is 0.347. The zero-order chi connectivity index (χ0) is 41.9. The number of carboxylic acids is 2. The smallest absolute Gasteiger partial charge is 0.336 e. The van der Waals surface area contributed by atoms with Crippen LogP contribution in [0, 0.1) is 0 Å². The maximum atomic E-state index is 14.0. The number of aromatic carboxylic acids is 2. The molecule has 1 aliphatic carbocycles. The number of carboxylic acid groups (broad SMARTS) is 2. The van der Waals surface area contributed by atoms with Crippen LogP contribution in [0.15, 0.2) is 97.1 Å². The highest BCUT2D eigenvalue weighted by Crippen LogP contribution is 2.39. The third-order valence-electron chi connectivity index (χ3n) is 11.2. The van der Waals surface area contributed by atoms with E-state index in [2.05, 4.69) is 34.3 Å². The molecule has 0 saturated heterocycles. The normalized spacial score (nSPS) is 12.2. The number of aryl methyl sites for hydroxylation is 3. The number of carbonyl (C=O) groups is 4. The van der Waals surface area contributed by atoms with Crippen molar-refractivity contribution in [2.24, 2.45) is 0 Å². The van der Waals surface area contributed by atoms with Crippen LogP contribution in [0.25, 0.3) is 0 Å². The molecule has 1 aromatic heterocycles. The summed E-state index contributed by atoms with van der Waals surface area (Å²) in [5.74, 6) is -2.36. The zero-order valence-corrected chi connectivity index (χ0v) is 34.9. The Labute approximate surface area is 358 Å². The third kappa shape index (κ3) is 11.8. The first kappa shape index (κ1) is 45.5. The molecular formula is C49H58N4O6S. The van der Waals surface area contributed by atoms with E-state index in [9.17, 15) is 24.3 Å². The van der Waals surface area contributed by atoms with Gasteiger partial charge in [0.05, 0.1) is 16.7 Å². The number of nitrogens with one attached hydrogen (secondary N) is 2. The molecule has 11 heteroatoms. The van der Waals surface area contributed by atoms with Gasteiger partial charge >= 0.3 is 11.9 Å². The molecule has 0 fully saturated rings. The molecule has 4 N–H and O–H groups in total. The van der Waals surface area contributed by atoms with Crippen LogP contribution in [-0.4, -0.2) is 69.9 Å². The molecule has 60 heavy (non-hydrogen) atoms. The van der Waals surface area contributed by atoms with Gasteiger partial charge in [0.2, 0.25) is 0 Å². The minimum atomic E-state index is -0.940. The van der Waals surface area contributed by atoms with Gasteiger partial charge in [-0.05, 0) is 129 Å². The summed E-state index contributed by atoms with van der Waals surface area (Å²) in [6.07, 6.45) is 7.21. The number of likely N-dealkylation sites (N-methyl/N-ethyl adjacent to an activating group) is 1. The molecule has 0 aliphatic heterocycles. The standard InChI is InChI=1S/C48H54N4O6S.CH4/c1-4-39(5-2)52(28-27-51(3)31-37-12-6-7-14-40(37)48(57)58)30-34-11-10-13-36(29-34)44(53)50-46-43(41-15-8-9-16-42(41)59-46)45(54)49-38-25-21-33(22-26-38)18-17-32-19-23-35(24-20-32)47(55)56;/h6-7,10-14,19-26,29,39H,4-5,8-9,15-18,27-28,30-31H2,1-3H3,(H,49,54)(H,50,53)(H,55,56)(H,57,58);1H4. The van der Waals surface area contributed by atoms with Crippen LogP contribution in [0.3, 0.4) is 0 Å². The number of anilines is 2. The topological polar surface area (TPSA) is 139 Å². The van der Waals surface area contributed by atoms with E-state index in [0.29, 0.717) is 46.5 Å². The van der Waals surface area contributed by atoms with Crippen molar-refractivity contribution in [2.75, 3.05) is 30.8 Å². The molecule has 0 saturated carbocycles. The minimum absolute atomic E-state index is 0. The molecule has 0 atom stereocenters. The van der Waals surface area contributed by atoms with Crippen molar-refractivity contribution in [3.05, 3.63) is 152 Å². The maximum Gasteiger partial charge on any atom is 0.336 e. The van der Waals surface area contributed by atoms with E-state index in [1.54, 1.807) is 24.3 Å². The summed E-state index contributed by atoms with van der Waals surface area (Å²) >= 11 is 1.50. The number of hydrogen-bond donors (Lipinski definition) is 4. The summed E-state index contributed by atoms with van der Waals surface area (Å²) in [7, 11) is 2.01. The Bertz CT molecular complexity index is 2250. The highest BCUT2D eigenvalue weighted by Gasteiger charge is 2.27. The number of benzene rings is 4. The van der Waals surface area contributed by atoms with Gasteiger partial charge in [0.15, 0.2) is 0 Å². The summed E-state index contributed by atoms with van der Waals surface area (Å²) in [4.78, 5) is 56.6. The molecular weight excluding hydrogens is 773 g/mol. The van der Waals surface area contributed by atoms with Gasteiger partial charge in [-0.1, -0.05) is 75.9 Å². The van der Waals surface area contributed by atoms with Crippen LogP contribution in [-0.2, 0) is 38.8 Å². The predicted octanol–water partition coefficient (Wildman–Crippen LogP) is 10.1. The minimum Gasteiger partial charge on any atom is -0.478 e. The fourth-order valence-corrected chi connectivity index (χ4v) is 9.18. The molecule has 10 nitrogen and oxygen atoms in total.